The molecule has 3 atom stereocenters. The lowest BCUT2D eigenvalue weighted by Crippen LogP contribution is -2.74. The van der Waals surface area contributed by atoms with Crippen LogP contribution in [0.3, 0.4) is 0 Å². The van der Waals surface area contributed by atoms with E-state index in [-0.39, 0.29) is 49.1 Å². The lowest BCUT2D eigenvalue weighted by molar-refractivity contribution is -0.159. The molecule has 0 unspecified atom stereocenters. The molecule has 2 aromatic rings. The lowest BCUT2D eigenvalue weighted by atomic mass is 9.73. The molecule has 2 aromatic carbocycles. The molecule has 0 radical (unpaired) electrons. The molecule has 2 saturated heterocycles. The SMILES string of the molecule is O=C(NC1CCCCC1)N1CC(=O)N2[C@@H](CO)[C@H](c3ccc(-c4ccccc4)cc3)[C@@H]2C1. The molecule has 6 heteroatoms. The van der Waals surface area contributed by atoms with Gasteiger partial charge in [0.1, 0.15) is 6.54 Å². The van der Waals surface area contributed by atoms with Crippen molar-refractivity contribution in [3.05, 3.63) is 60.2 Å². The molecule has 0 aromatic heterocycles. The van der Waals surface area contributed by atoms with Crippen molar-refractivity contribution < 1.29 is 14.7 Å². The summed E-state index contributed by atoms with van der Waals surface area (Å²) in [5.41, 5.74) is 3.40. The smallest absolute Gasteiger partial charge is 0.318 e. The zero-order valence-electron chi connectivity index (χ0n) is 18.3. The molecular formula is C26H31N3O3. The maximum Gasteiger partial charge on any atom is 0.318 e. The van der Waals surface area contributed by atoms with Gasteiger partial charge >= 0.3 is 6.03 Å². The number of piperazine rings is 1. The maximum absolute atomic E-state index is 12.9. The van der Waals surface area contributed by atoms with Crippen molar-refractivity contribution in [3.8, 4) is 11.1 Å². The van der Waals surface area contributed by atoms with Crippen LogP contribution in [0, 0.1) is 0 Å². The number of amides is 3. The number of nitrogens with one attached hydrogen (secondary N) is 1. The molecule has 3 amide bonds. The number of hydrogen-bond donors (Lipinski definition) is 2. The average Bonchev–Trinajstić information content (AvgIpc) is 2.82. The highest BCUT2D eigenvalue weighted by molar-refractivity contribution is 5.87. The number of urea groups is 1. The number of benzene rings is 2. The van der Waals surface area contributed by atoms with E-state index in [2.05, 4.69) is 41.7 Å². The van der Waals surface area contributed by atoms with Crippen LogP contribution in [0.1, 0.15) is 43.6 Å². The van der Waals surface area contributed by atoms with E-state index in [0.717, 1.165) is 42.4 Å². The summed E-state index contributed by atoms with van der Waals surface area (Å²) in [5, 5.41) is 13.2. The first-order valence-electron chi connectivity index (χ1n) is 11.8. The Morgan fingerprint density at radius 1 is 0.969 bits per heavy atom. The van der Waals surface area contributed by atoms with Crippen LogP contribution >= 0.6 is 0 Å². The highest BCUT2D eigenvalue weighted by Gasteiger charge is 2.54. The zero-order valence-corrected chi connectivity index (χ0v) is 18.3. The van der Waals surface area contributed by atoms with Crippen LogP contribution in [-0.2, 0) is 4.79 Å². The number of aliphatic hydroxyl groups is 1. The largest absolute Gasteiger partial charge is 0.394 e. The molecule has 0 spiro atoms. The maximum atomic E-state index is 12.9. The topological polar surface area (TPSA) is 72.9 Å². The standard InChI is InChI=1S/C26H31N3O3/c30-17-23-25(20-13-11-19(12-14-20)18-7-3-1-4-8-18)22-15-28(16-24(31)29(22)23)26(32)27-21-9-5-2-6-10-21/h1,3-4,7-8,11-14,21-23,25,30H,2,5-6,9-10,15-17H2,(H,27,32)/t22-,23-,25+/m0/s1. The number of carbonyl (C=O) groups excluding carboxylic acids is 2. The summed E-state index contributed by atoms with van der Waals surface area (Å²) in [6.45, 7) is 0.527. The van der Waals surface area contributed by atoms with Gasteiger partial charge in [0.15, 0.2) is 0 Å². The lowest BCUT2D eigenvalue weighted by Gasteiger charge is -2.58. The van der Waals surface area contributed by atoms with E-state index >= 15 is 0 Å². The quantitative estimate of drug-likeness (QED) is 0.777. The molecule has 1 aliphatic carbocycles. The summed E-state index contributed by atoms with van der Waals surface area (Å²) < 4.78 is 0. The van der Waals surface area contributed by atoms with Gasteiger partial charge in [0.05, 0.1) is 18.7 Å². The monoisotopic (exact) mass is 433 g/mol. The van der Waals surface area contributed by atoms with Gasteiger partial charge < -0.3 is 20.2 Å². The third kappa shape index (κ3) is 3.88. The number of carbonyl (C=O) groups is 2. The average molecular weight is 434 g/mol. The molecule has 5 rings (SSSR count). The van der Waals surface area contributed by atoms with E-state index in [9.17, 15) is 14.7 Å². The van der Waals surface area contributed by atoms with E-state index in [1.165, 1.54) is 6.42 Å². The van der Waals surface area contributed by atoms with Gasteiger partial charge in [0.2, 0.25) is 5.91 Å². The van der Waals surface area contributed by atoms with E-state index < -0.39 is 0 Å². The second-order valence-corrected chi connectivity index (χ2v) is 9.30. The first-order chi connectivity index (χ1) is 15.7. The van der Waals surface area contributed by atoms with Gasteiger partial charge in [-0.3, -0.25) is 4.79 Å². The predicted octanol–water partition coefficient (Wildman–Crippen LogP) is 3.37. The van der Waals surface area contributed by atoms with Crippen molar-refractivity contribution in [2.24, 2.45) is 0 Å². The fraction of sp³-hybridized carbons (Fsp3) is 0.462. The molecule has 1 saturated carbocycles. The van der Waals surface area contributed by atoms with Crippen molar-refractivity contribution in [1.82, 2.24) is 15.1 Å². The Morgan fingerprint density at radius 2 is 1.66 bits per heavy atom. The van der Waals surface area contributed by atoms with Gasteiger partial charge in [-0.05, 0) is 29.5 Å². The van der Waals surface area contributed by atoms with Crippen LogP contribution in [0.5, 0.6) is 0 Å². The second kappa shape index (κ2) is 8.94. The second-order valence-electron chi connectivity index (χ2n) is 9.30. The molecular weight excluding hydrogens is 402 g/mol. The Labute approximate surface area is 189 Å². The van der Waals surface area contributed by atoms with Crippen molar-refractivity contribution in [1.29, 1.82) is 0 Å². The van der Waals surface area contributed by atoms with Crippen LogP contribution in [0.15, 0.2) is 54.6 Å². The summed E-state index contributed by atoms with van der Waals surface area (Å²) in [7, 11) is 0. The van der Waals surface area contributed by atoms with Crippen LogP contribution in [0.25, 0.3) is 11.1 Å². The van der Waals surface area contributed by atoms with Gasteiger partial charge in [-0.15, -0.1) is 0 Å². The third-order valence-corrected chi connectivity index (χ3v) is 7.37. The Kier molecular flexibility index (Phi) is 5.87. The number of nitrogens with zero attached hydrogens (tertiary/aromatic N) is 2. The van der Waals surface area contributed by atoms with Gasteiger partial charge in [0.25, 0.3) is 0 Å². The first-order valence-corrected chi connectivity index (χ1v) is 11.8. The number of fused-ring (bicyclic) bond motifs is 1. The number of rotatable bonds is 4. The molecule has 3 aliphatic rings. The number of hydrogen-bond acceptors (Lipinski definition) is 3. The van der Waals surface area contributed by atoms with E-state index in [0.29, 0.717) is 6.54 Å². The van der Waals surface area contributed by atoms with Crippen molar-refractivity contribution >= 4 is 11.9 Å². The molecule has 3 fully saturated rings. The summed E-state index contributed by atoms with van der Waals surface area (Å²) in [6, 6.07) is 18.4. The molecule has 168 valence electrons. The van der Waals surface area contributed by atoms with Crippen LogP contribution in [0.4, 0.5) is 4.79 Å². The molecule has 0 bridgehead atoms. The summed E-state index contributed by atoms with van der Waals surface area (Å²) in [5.74, 6) is -0.0460. The van der Waals surface area contributed by atoms with Gasteiger partial charge in [0, 0.05) is 18.5 Å². The van der Waals surface area contributed by atoms with Crippen molar-refractivity contribution in [2.75, 3.05) is 19.7 Å². The highest BCUT2D eigenvalue weighted by atomic mass is 16.3. The Bertz CT molecular complexity index is 956. The normalized spacial score (nSPS) is 25.8. The van der Waals surface area contributed by atoms with Crippen molar-refractivity contribution in [2.45, 2.75) is 56.1 Å². The minimum absolute atomic E-state index is 0.0269. The molecule has 2 aliphatic heterocycles. The Balaban J connectivity index is 1.31. The van der Waals surface area contributed by atoms with Gasteiger partial charge in [-0.1, -0.05) is 73.9 Å². The van der Waals surface area contributed by atoms with Crippen LogP contribution in [-0.4, -0.2) is 64.7 Å². The van der Waals surface area contributed by atoms with E-state index in [1.807, 2.05) is 18.2 Å². The number of aliphatic hydroxyl groups excluding tert-OH is 1. The first kappa shape index (κ1) is 21.0. The molecule has 2 heterocycles. The third-order valence-electron chi connectivity index (χ3n) is 7.37. The fourth-order valence-corrected chi connectivity index (χ4v) is 5.70. The van der Waals surface area contributed by atoms with Gasteiger partial charge in [-0.2, -0.15) is 0 Å². The van der Waals surface area contributed by atoms with Crippen molar-refractivity contribution in [3.63, 3.8) is 0 Å². The summed E-state index contributed by atoms with van der Waals surface area (Å²) in [4.78, 5) is 29.2. The Morgan fingerprint density at radius 3 is 2.34 bits per heavy atom. The van der Waals surface area contributed by atoms with E-state index in [4.69, 9.17) is 0 Å². The minimum Gasteiger partial charge on any atom is -0.394 e. The molecule has 32 heavy (non-hydrogen) atoms. The zero-order chi connectivity index (χ0) is 22.1. The van der Waals surface area contributed by atoms with E-state index in [1.54, 1.807) is 9.80 Å². The van der Waals surface area contributed by atoms with Gasteiger partial charge in [-0.25, -0.2) is 4.79 Å². The fourth-order valence-electron chi connectivity index (χ4n) is 5.70. The predicted molar refractivity (Wildman–Crippen MR) is 123 cm³/mol. The van der Waals surface area contributed by atoms with Crippen LogP contribution in [0.2, 0.25) is 0 Å². The highest BCUT2D eigenvalue weighted by Crippen LogP contribution is 2.43. The summed E-state index contributed by atoms with van der Waals surface area (Å²) >= 11 is 0. The van der Waals surface area contributed by atoms with Crippen LogP contribution < -0.4 is 5.32 Å². The Hall–Kier alpha value is -2.86. The molecule has 2 N–H and O–H groups in total. The summed E-state index contributed by atoms with van der Waals surface area (Å²) in [6.07, 6.45) is 5.58. The minimum atomic E-state index is -0.223. The molecule has 6 nitrogen and oxygen atoms in total.